The molecular formula is C28H38Cl2O2S2Zr. The average molecular weight is 633 g/mol. The minimum absolute atomic E-state index is 0.199. The average Bonchev–Trinajstić information content (AvgIpc) is 2.83. The predicted molar refractivity (Wildman–Crippen MR) is 150 cm³/mol. The van der Waals surface area contributed by atoms with Crippen molar-refractivity contribution >= 4 is 38.6 Å². The predicted octanol–water partition coefficient (Wildman–Crippen LogP) is 10.3. The van der Waals surface area contributed by atoms with Gasteiger partial charge in [-0.15, -0.1) is 0 Å². The van der Waals surface area contributed by atoms with E-state index >= 15 is 0 Å². The molecule has 0 unspecified atom stereocenters. The molecule has 0 aliphatic heterocycles. The van der Waals surface area contributed by atoms with E-state index in [1.165, 1.54) is 75.3 Å². The third-order valence-electron chi connectivity index (χ3n) is 8.06. The third kappa shape index (κ3) is 7.41. The van der Waals surface area contributed by atoms with Gasteiger partial charge in [-0.25, -0.2) is 0 Å². The van der Waals surface area contributed by atoms with Crippen LogP contribution in [0, 0.1) is 13.8 Å². The van der Waals surface area contributed by atoms with Crippen LogP contribution in [0.4, 0.5) is 0 Å². The van der Waals surface area contributed by atoms with Gasteiger partial charge in [0.2, 0.25) is 0 Å². The molecule has 7 heteroatoms. The quantitative estimate of drug-likeness (QED) is 0.322. The molecular weight excluding hydrogens is 595 g/mol. The summed E-state index contributed by atoms with van der Waals surface area (Å²) in [4.78, 5) is 1.81. The first-order valence-corrected chi connectivity index (χ1v) is 21.1. The second-order valence-corrected chi connectivity index (χ2v) is 16.7. The minimum atomic E-state index is -0.826. The van der Waals surface area contributed by atoms with Crippen LogP contribution in [0.2, 0.25) is 0 Å². The number of aryl methyl sites for hydroxylation is 2. The Balaban J connectivity index is 0.00000108. The Morgan fingerprint density at radius 3 is 1.29 bits per heavy atom. The number of hydrogen-bond donors (Lipinski definition) is 2. The van der Waals surface area contributed by atoms with Crippen LogP contribution in [0.1, 0.15) is 100 Å². The number of phenols is 2. The number of halogens is 2. The van der Waals surface area contributed by atoms with E-state index in [4.69, 9.17) is 17.0 Å². The maximum atomic E-state index is 10.8. The van der Waals surface area contributed by atoms with Gasteiger partial charge in [-0.3, -0.25) is 0 Å². The summed E-state index contributed by atoms with van der Waals surface area (Å²) in [6.45, 7) is 8.77. The van der Waals surface area contributed by atoms with E-state index in [1.807, 2.05) is 13.8 Å². The van der Waals surface area contributed by atoms with Gasteiger partial charge in [0, 0.05) is 0 Å². The molecule has 2 aliphatic rings. The van der Waals surface area contributed by atoms with Gasteiger partial charge in [0.05, 0.1) is 9.79 Å². The van der Waals surface area contributed by atoms with Gasteiger partial charge in [-0.05, 0) is 106 Å². The molecule has 2 nitrogen and oxygen atoms in total. The molecule has 0 saturated heterocycles. The van der Waals surface area contributed by atoms with E-state index in [1.54, 1.807) is 21.6 Å². The summed E-state index contributed by atoms with van der Waals surface area (Å²) in [5.74, 6) is 0.745. The van der Waals surface area contributed by atoms with Crippen LogP contribution in [0.25, 0.3) is 0 Å². The molecule has 2 aromatic rings. The monoisotopic (exact) mass is 630 g/mol. The van der Waals surface area contributed by atoms with Crippen LogP contribution in [0.3, 0.4) is 0 Å². The molecule has 0 bridgehead atoms. The van der Waals surface area contributed by atoms with Gasteiger partial charge in [0.15, 0.2) is 0 Å². The molecule has 0 heterocycles. The summed E-state index contributed by atoms with van der Waals surface area (Å²) in [6.07, 6.45) is 12.7. The van der Waals surface area contributed by atoms with E-state index in [-0.39, 0.29) is 10.8 Å². The fraction of sp³-hybridized carbons (Fsp3) is 0.571. The summed E-state index contributed by atoms with van der Waals surface area (Å²) in [6, 6.07) is 8.76. The summed E-state index contributed by atoms with van der Waals surface area (Å²) in [5, 5.41) is 21.6. The molecule has 2 saturated carbocycles. The molecule has 2 aliphatic carbocycles. The number of benzene rings is 2. The van der Waals surface area contributed by atoms with E-state index in [2.05, 4.69) is 38.1 Å². The van der Waals surface area contributed by atoms with Crippen molar-refractivity contribution in [1.29, 1.82) is 0 Å². The van der Waals surface area contributed by atoms with Crippen LogP contribution in [-0.4, -0.2) is 10.2 Å². The Kier molecular flexibility index (Phi) is 11.3. The van der Waals surface area contributed by atoms with Crippen molar-refractivity contribution in [3.05, 3.63) is 46.5 Å². The molecule has 0 atom stereocenters. The second-order valence-electron chi connectivity index (χ2n) is 10.8. The van der Waals surface area contributed by atoms with Gasteiger partial charge in [-0.2, -0.15) is 0 Å². The summed E-state index contributed by atoms with van der Waals surface area (Å²) in [7, 11) is 13.0. The Bertz CT molecular complexity index is 923. The zero-order valence-corrected chi connectivity index (χ0v) is 27.0. The van der Waals surface area contributed by atoms with Gasteiger partial charge in [0.25, 0.3) is 0 Å². The van der Waals surface area contributed by atoms with E-state index < -0.39 is 20.8 Å². The molecule has 0 amide bonds. The topological polar surface area (TPSA) is 40.5 Å². The molecule has 0 aromatic heterocycles. The Morgan fingerprint density at radius 2 is 0.971 bits per heavy atom. The maximum absolute atomic E-state index is 10.8. The zero-order valence-electron chi connectivity index (χ0n) is 21.3. The van der Waals surface area contributed by atoms with Gasteiger partial charge in [0.1, 0.15) is 11.5 Å². The van der Waals surface area contributed by atoms with Gasteiger partial charge < -0.3 is 10.2 Å². The molecule has 192 valence electrons. The van der Waals surface area contributed by atoms with E-state index in [0.29, 0.717) is 11.5 Å². The zero-order chi connectivity index (χ0) is 25.6. The SMILES string of the molecule is Cc1cc(C2(C)CCCCC2)cc(SSc2cc(C3(C)CCCCC3)cc(C)c2O)c1O.[Cl][Zr][Cl]. The second kappa shape index (κ2) is 13.3. The number of aromatic hydroxyl groups is 2. The van der Waals surface area contributed by atoms with Crippen LogP contribution in [0.15, 0.2) is 34.1 Å². The molecule has 0 spiro atoms. The Hall–Kier alpha value is 0.203. The third-order valence-corrected chi connectivity index (χ3v) is 10.5. The summed E-state index contributed by atoms with van der Waals surface area (Å²) < 4.78 is 0. The van der Waals surface area contributed by atoms with Crippen LogP contribution in [0.5, 0.6) is 11.5 Å². The fourth-order valence-electron chi connectivity index (χ4n) is 5.65. The standard InChI is InChI=1S/C28H38O2S2.2ClH.Zr/c1-19-15-21(27(3)11-7-5-8-12-27)17-23(25(19)29)31-32-24-18-22(16-20(2)26(24)30)28(4)13-9-6-10-14-28;;;/h15-18,29-30H,5-14H2,1-4H3;2*1H;/q;;;+2/p-2. The van der Waals surface area contributed by atoms with E-state index in [0.717, 1.165) is 20.9 Å². The first-order valence-electron chi connectivity index (χ1n) is 12.6. The molecule has 4 rings (SSSR count). The fourth-order valence-corrected chi connectivity index (χ4v) is 7.96. The van der Waals surface area contributed by atoms with Gasteiger partial charge >= 0.3 is 37.9 Å². The van der Waals surface area contributed by atoms with Crippen molar-refractivity contribution in [2.24, 2.45) is 0 Å². The molecule has 2 N–H and O–H groups in total. The van der Waals surface area contributed by atoms with Crippen LogP contribution in [-0.2, 0) is 31.7 Å². The number of phenolic OH excluding ortho intramolecular Hbond substituents is 2. The Labute approximate surface area is 238 Å². The normalized spacial score (nSPS) is 18.9. The van der Waals surface area contributed by atoms with Crippen LogP contribution >= 0.6 is 38.6 Å². The van der Waals surface area contributed by atoms with Gasteiger partial charge in [-0.1, -0.05) is 64.5 Å². The number of rotatable bonds is 5. The first kappa shape index (κ1) is 29.8. The van der Waals surface area contributed by atoms with Crippen LogP contribution < -0.4 is 0 Å². The van der Waals surface area contributed by atoms with Crippen molar-refractivity contribution in [1.82, 2.24) is 0 Å². The first-order chi connectivity index (χ1) is 16.6. The van der Waals surface area contributed by atoms with Crippen molar-refractivity contribution in [2.45, 2.75) is 113 Å². The summed E-state index contributed by atoms with van der Waals surface area (Å²) in [5.41, 5.74) is 4.98. The van der Waals surface area contributed by atoms with Crippen molar-refractivity contribution < 1.29 is 31.1 Å². The van der Waals surface area contributed by atoms with Crippen molar-refractivity contribution in [2.75, 3.05) is 0 Å². The van der Waals surface area contributed by atoms with Crippen molar-refractivity contribution in [3.63, 3.8) is 0 Å². The summed E-state index contributed by atoms with van der Waals surface area (Å²) >= 11 is -0.826. The molecule has 2 aromatic carbocycles. The molecule has 0 radical (unpaired) electrons. The Morgan fingerprint density at radius 1 is 0.657 bits per heavy atom. The number of hydrogen-bond acceptors (Lipinski definition) is 4. The molecule has 35 heavy (non-hydrogen) atoms. The van der Waals surface area contributed by atoms with E-state index in [9.17, 15) is 10.2 Å². The van der Waals surface area contributed by atoms with Crippen molar-refractivity contribution in [3.8, 4) is 11.5 Å². The molecule has 2 fully saturated rings.